The van der Waals surface area contributed by atoms with Crippen molar-refractivity contribution in [2.24, 2.45) is 0 Å². The number of carbonyl (C=O) groups is 1. The highest BCUT2D eigenvalue weighted by molar-refractivity contribution is 5.92. The van der Waals surface area contributed by atoms with Crippen molar-refractivity contribution >= 4 is 11.6 Å². The lowest BCUT2D eigenvalue weighted by atomic mass is 10.1. The highest BCUT2D eigenvalue weighted by Gasteiger charge is 2.05. The SMILES string of the molecule is CCOc1ccc(NC(=O)Cc2ccc(C#N)cc2)cn1. The van der Waals surface area contributed by atoms with Crippen molar-refractivity contribution in [3.05, 3.63) is 53.7 Å². The van der Waals surface area contributed by atoms with Gasteiger partial charge in [0, 0.05) is 6.07 Å². The van der Waals surface area contributed by atoms with Crippen LogP contribution in [0, 0.1) is 11.3 Å². The number of amides is 1. The summed E-state index contributed by atoms with van der Waals surface area (Å²) in [6.45, 7) is 2.44. The lowest BCUT2D eigenvalue weighted by Gasteiger charge is -2.06. The highest BCUT2D eigenvalue weighted by atomic mass is 16.5. The smallest absolute Gasteiger partial charge is 0.228 e. The molecule has 1 aromatic heterocycles. The first-order valence-corrected chi connectivity index (χ1v) is 6.59. The zero-order valence-corrected chi connectivity index (χ0v) is 11.7. The van der Waals surface area contributed by atoms with E-state index in [0.717, 1.165) is 5.56 Å². The Morgan fingerprint density at radius 2 is 2.05 bits per heavy atom. The summed E-state index contributed by atoms with van der Waals surface area (Å²) in [5.41, 5.74) is 2.05. The van der Waals surface area contributed by atoms with Crippen molar-refractivity contribution in [2.45, 2.75) is 13.3 Å². The van der Waals surface area contributed by atoms with Gasteiger partial charge in [-0.25, -0.2) is 4.98 Å². The van der Waals surface area contributed by atoms with Crippen LogP contribution in [0.1, 0.15) is 18.1 Å². The van der Waals surface area contributed by atoms with Crippen molar-refractivity contribution < 1.29 is 9.53 Å². The van der Waals surface area contributed by atoms with Crippen LogP contribution in [0.3, 0.4) is 0 Å². The molecular weight excluding hydrogens is 266 g/mol. The minimum absolute atomic E-state index is 0.134. The molecule has 0 bridgehead atoms. The fourth-order valence-electron chi connectivity index (χ4n) is 1.78. The molecule has 0 aliphatic heterocycles. The number of carbonyl (C=O) groups excluding carboxylic acids is 1. The van der Waals surface area contributed by atoms with E-state index >= 15 is 0 Å². The average Bonchev–Trinajstić information content (AvgIpc) is 2.50. The predicted molar refractivity (Wildman–Crippen MR) is 78.9 cm³/mol. The van der Waals surface area contributed by atoms with Gasteiger partial charge in [0.05, 0.1) is 36.5 Å². The first kappa shape index (κ1) is 14.5. The fraction of sp³-hybridized carbons (Fsp3) is 0.188. The minimum atomic E-state index is -0.134. The van der Waals surface area contributed by atoms with Gasteiger partial charge in [-0.05, 0) is 30.7 Å². The Labute approximate surface area is 123 Å². The van der Waals surface area contributed by atoms with Gasteiger partial charge in [-0.15, -0.1) is 0 Å². The molecule has 5 nitrogen and oxygen atoms in total. The molecule has 0 radical (unpaired) electrons. The van der Waals surface area contributed by atoms with Gasteiger partial charge in [-0.3, -0.25) is 4.79 Å². The molecule has 5 heteroatoms. The van der Waals surface area contributed by atoms with Crippen molar-refractivity contribution in [1.82, 2.24) is 4.98 Å². The molecule has 1 N–H and O–H groups in total. The maximum atomic E-state index is 11.9. The summed E-state index contributed by atoms with van der Waals surface area (Å²) in [5, 5.41) is 11.5. The molecule has 0 saturated carbocycles. The maximum absolute atomic E-state index is 11.9. The molecule has 1 amide bonds. The Bertz CT molecular complexity index is 643. The van der Waals surface area contributed by atoms with E-state index < -0.39 is 0 Å². The van der Waals surface area contributed by atoms with E-state index in [2.05, 4.69) is 10.3 Å². The quantitative estimate of drug-likeness (QED) is 0.913. The molecule has 0 saturated heterocycles. The monoisotopic (exact) mass is 281 g/mol. The molecule has 1 aromatic carbocycles. The minimum Gasteiger partial charge on any atom is -0.478 e. The summed E-state index contributed by atoms with van der Waals surface area (Å²) >= 11 is 0. The van der Waals surface area contributed by atoms with Crippen LogP contribution in [0.2, 0.25) is 0 Å². The topological polar surface area (TPSA) is 75.0 Å². The Morgan fingerprint density at radius 1 is 1.29 bits per heavy atom. The molecular formula is C16H15N3O2. The number of benzene rings is 1. The van der Waals surface area contributed by atoms with Crippen LogP contribution in [0.25, 0.3) is 0 Å². The van der Waals surface area contributed by atoms with Gasteiger partial charge in [0.15, 0.2) is 0 Å². The summed E-state index contributed by atoms with van der Waals surface area (Å²) in [6, 6.07) is 12.4. The predicted octanol–water partition coefficient (Wildman–Crippen LogP) is 2.53. The second-order valence-corrected chi connectivity index (χ2v) is 4.35. The molecule has 0 fully saturated rings. The number of nitrogens with zero attached hydrogens (tertiary/aromatic N) is 2. The summed E-state index contributed by atoms with van der Waals surface area (Å²) < 4.78 is 5.23. The van der Waals surface area contributed by atoms with Gasteiger partial charge < -0.3 is 10.1 Å². The number of hydrogen-bond acceptors (Lipinski definition) is 4. The van der Waals surface area contributed by atoms with Crippen molar-refractivity contribution in [3.8, 4) is 11.9 Å². The lowest BCUT2D eigenvalue weighted by molar-refractivity contribution is -0.115. The van der Waals surface area contributed by atoms with E-state index in [4.69, 9.17) is 10.00 Å². The van der Waals surface area contributed by atoms with Crippen LogP contribution >= 0.6 is 0 Å². The number of rotatable bonds is 5. The summed E-state index contributed by atoms with van der Waals surface area (Å²) in [4.78, 5) is 16.0. The molecule has 2 rings (SSSR count). The number of pyridine rings is 1. The van der Waals surface area contributed by atoms with Gasteiger partial charge in [-0.2, -0.15) is 5.26 Å². The number of hydrogen-bond donors (Lipinski definition) is 1. The molecule has 0 aliphatic rings. The third-order valence-electron chi connectivity index (χ3n) is 2.76. The van der Waals surface area contributed by atoms with E-state index in [1.54, 1.807) is 42.6 Å². The average molecular weight is 281 g/mol. The number of nitrogens with one attached hydrogen (secondary N) is 1. The van der Waals surface area contributed by atoms with E-state index in [9.17, 15) is 4.79 Å². The summed E-state index contributed by atoms with van der Waals surface area (Å²) in [6.07, 6.45) is 1.81. The molecule has 106 valence electrons. The Balaban J connectivity index is 1.93. The second kappa shape index (κ2) is 7.06. The van der Waals surface area contributed by atoms with E-state index in [1.165, 1.54) is 0 Å². The Hall–Kier alpha value is -2.87. The standard InChI is InChI=1S/C16H15N3O2/c1-2-21-16-8-7-14(11-18-16)19-15(20)9-12-3-5-13(10-17)6-4-12/h3-8,11H,2,9H2,1H3,(H,19,20). The van der Waals surface area contributed by atoms with Crippen LogP contribution < -0.4 is 10.1 Å². The normalized spacial score (nSPS) is 9.71. The molecule has 0 atom stereocenters. The summed E-state index contributed by atoms with van der Waals surface area (Å²) in [5.74, 6) is 0.397. The second-order valence-electron chi connectivity index (χ2n) is 4.35. The molecule has 2 aromatic rings. The molecule has 0 aliphatic carbocycles. The number of anilines is 1. The first-order valence-electron chi connectivity index (χ1n) is 6.59. The van der Waals surface area contributed by atoms with Gasteiger partial charge >= 0.3 is 0 Å². The molecule has 0 spiro atoms. The van der Waals surface area contributed by atoms with Crippen LogP contribution in [0.4, 0.5) is 5.69 Å². The van der Waals surface area contributed by atoms with Crippen LogP contribution in [-0.4, -0.2) is 17.5 Å². The Morgan fingerprint density at radius 3 is 2.62 bits per heavy atom. The third-order valence-corrected chi connectivity index (χ3v) is 2.76. The van der Waals surface area contributed by atoms with Crippen LogP contribution in [-0.2, 0) is 11.2 Å². The van der Waals surface area contributed by atoms with Gasteiger partial charge in [0.2, 0.25) is 11.8 Å². The van der Waals surface area contributed by atoms with E-state index in [-0.39, 0.29) is 12.3 Å². The van der Waals surface area contributed by atoms with Crippen molar-refractivity contribution in [2.75, 3.05) is 11.9 Å². The van der Waals surface area contributed by atoms with Crippen LogP contribution in [0.5, 0.6) is 5.88 Å². The number of nitriles is 1. The van der Waals surface area contributed by atoms with E-state index in [0.29, 0.717) is 23.7 Å². The Kier molecular flexibility index (Phi) is 4.89. The van der Waals surface area contributed by atoms with E-state index in [1.807, 2.05) is 13.0 Å². The maximum Gasteiger partial charge on any atom is 0.228 e. The van der Waals surface area contributed by atoms with Gasteiger partial charge in [-0.1, -0.05) is 12.1 Å². The number of aromatic nitrogens is 1. The molecule has 1 heterocycles. The molecule has 21 heavy (non-hydrogen) atoms. The molecule has 0 unspecified atom stereocenters. The van der Waals surface area contributed by atoms with Crippen LogP contribution in [0.15, 0.2) is 42.6 Å². The zero-order valence-electron chi connectivity index (χ0n) is 11.7. The third kappa shape index (κ3) is 4.32. The van der Waals surface area contributed by atoms with Crippen molar-refractivity contribution in [1.29, 1.82) is 5.26 Å². The largest absolute Gasteiger partial charge is 0.478 e. The number of ether oxygens (including phenoxy) is 1. The van der Waals surface area contributed by atoms with Gasteiger partial charge in [0.25, 0.3) is 0 Å². The zero-order chi connectivity index (χ0) is 15.1. The highest BCUT2D eigenvalue weighted by Crippen LogP contribution is 2.12. The fourth-order valence-corrected chi connectivity index (χ4v) is 1.78. The summed E-state index contributed by atoms with van der Waals surface area (Å²) in [7, 11) is 0. The lowest BCUT2D eigenvalue weighted by Crippen LogP contribution is -2.14. The van der Waals surface area contributed by atoms with Crippen molar-refractivity contribution in [3.63, 3.8) is 0 Å². The first-order chi connectivity index (χ1) is 10.2. The van der Waals surface area contributed by atoms with Gasteiger partial charge in [0.1, 0.15) is 0 Å².